The molecule has 1 unspecified atom stereocenters. The van der Waals surface area contributed by atoms with Crippen LogP contribution < -0.4 is 15.5 Å². The molecule has 7 nitrogen and oxygen atoms in total. The van der Waals surface area contributed by atoms with Crippen LogP contribution in [-0.4, -0.2) is 67.5 Å². The van der Waals surface area contributed by atoms with E-state index in [1.807, 2.05) is 23.1 Å². The summed E-state index contributed by atoms with van der Waals surface area (Å²) in [6, 6.07) is 5.87. The fourth-order valence-electron chi connectivity index (χ4n) is 3.20. The largest absolute Gasteiger partial charge is 0.355 e. The van der Waals surface area contributed by atoms with Gasteiger partial charge >= 0.3 is 0 Å². The number of carbonyl (C=O) groups is 2. The highest BCUT2D eigenvalue weighted by atomic mass is 16.2. The highest BCUT2D eigenvalue weighted by Gasteiger charge is 2.24. The summed E-state index contributed by atoms with van der Waals surface area (Å²) in [5.74, 6) is 1.19. The molecule has 3 rings (SSSR count). The first kappa shape index (κ1) is 16.7. The number of nitrogens with zero attached hydrogens (tertiary/aromatic N) is 3. The van der Waals surface area contributed by atoms with Gasteiger partial charge in [0, 0.05) is 51.9 Å². The number of pyridine rings is 1. The average molecular weight is 331 g/mol. The molecule has 2 aliphatic rings. The number of rotatable bonds is 5. The van der Waals surface area contributed by atoms with Crippen molar-refractivity contribution in [2.45, 2.75) is 12.8 Å². The molecule has 0 aliphatic carbocycles. The first-order chi connectivity index (χ1) is 11.7. The van der Waals surface area contributed by atoms with Crippen molar-refractivity contribution >= 4 is 17.6 Å². The Morgan fingerprint density at radius 3 is 2.75 bits per heavy atom. The van der Waals surface area contributed by atoms with Crippen LogP contribution in [0.2, 0.25) is 0 Å². The summed E-state index contributed by atoms with van der Waals surface area (Å²) in [4.78, 5) is 32.6. The Balaban J connectivity index is 1.37. The molecule has 1 atom stereocenters. The molecule has 2 saturated heterocycles. The first-order valence-corrected chi connectivity index (χ1v) is 8.66. The van der Waals surface area contributed by atoms with Gasteiger partial charge in [0.1, 0.15) is 5.82 Å². The van der Waals surface area contributed by atoms with Crippen LogP contribution in [-0.2, 0) is 9.59 Å². The SMILES string of the molecule is O=C(NCCC(=O)N1CCN(c2ccccn2)CC1)C1CCNC1. The van der Waals surface area contributed by atoms with E-state index in [2.05, 4.69) is 20.5 Å². The minimum Gasteiger partial charge on any atom is -0.355 e. The second-order valence-corrected chi connectivity index (χ2v) is 6.29. The van der Waals surface area contributed by atoms with Crippen molar-refractivity contribution in [3.05, 3.63) is 24.4 Å². The Labute approximate surface area is 142 Å². The second kappa shape index (κ2) is 8.10. The second-order valence-electron chi connectivity index (χ2n) is 6.29. The predicted molar refractivity (Wildman–Crippen MR) is 91.6 cm³/mol. The van der Waals surface area contributed by atoms with Crippen molar-refractivity contribution in [3.8, 4) is 0 Å². The fourth-order valence-corrected chi connectivity index (χ4v) is 3.20. The quantitative estimate of drug-likeness (QED) is 0.784. The summed E-state index contributed by atoms with van der Waals surface area (Å²) in [7, 11) is 0. The maximum Gasteiger partial charge on any atom is 0.224 e. The van der Waals surface area contributed by atoms with Crippen LogP contribution in [0.25, 0.3) is 0 Å². The number of hydrogen-bond acceptors (Lipinski definition) is 5. The van der Waals surface area contributed by atoms with Crippen LogP contribution in [0.5, 0.6) is 0 Å². The maximum absolute atomic E-state index is 12.3. The van der Waals surface area contributed by atoms with Crippen LogP contribution in [0.15, 0.2) is 24.4 Å². The molecule has 0 spiro atoms. The molecular weight excluding hydrogens is 306 g/mol. The zero-order chi connectivity index (χ0) is 16.8. The molecule has 0 aromatic carbocycles. The summed E-state index contributed by atoms with van der Waals surface area (Å²) in [6.45, 7) is 5.07. The molecule has 0 bridgehead atoms. The van der Waals surface area contributed by atoms with Gasteiger partial charge in [0.05, 0.1) is 5.92 Å². The van der Waals surface area contributed by atoms with E-state index < -0.39 is 0 Å². The van der Waals surface area contributed by atoms with E-state index in [4.69, 9.17) is 0 Å². The van der Waals surface area contributed by atoms with Crippen molar-refractivity contribution in [1.29, 1.82) is 0 Å². The number of carbonyl (C=O) groups excluding carboxylic acids is 2. The van der Waals surface area contributed by atoms with Gasteiger partial charge in [-0.05, 0) is 25.1 Å². The van der Waals surface area contributed by atoms with Gasteiger partial charge in [-0.2, -0.15) is 0 Å². The Hall–Kier alpha value is -2.15. The summed E-state index contributed by atoms with van der Waals surface area (Å²) in [5.41, 5.74) is 0. The van der Waals surface area contributed by atoms with E-state index in [0.29, 0.717) is 26.1 Å². The molecule has 7 heteroatoms. The first-order valence-electron chi connectivity index (χ1n) is 8.66. The number of piperazine rings is 1. The van der Waals surface area contributed by atoms with Crippen LogP contribution in [0.1, 0.15) is 12.8 Å². The van der Waals surface area contributed by atoms with Gasteiger partial charge in [0.25, 0.3) is 0 Å². The fraction of sp³-hybridized carbons (Fsp3) is 0.588. The van der Waals surface area contributed by atoms with Crippen LogP contribution >= 0.6 is 0 Å². The lowest BCUT2D eigenvalue weighted by molar-refractivity contribution is -0.131. The van der Waals surface area contributed by atoms with Crippen molar-refractivity contribution in [2.75, 3.05) is 50.7 Å². The van der Waals surface area contributed by atoms with E-state index >= 15 is 0 Å². The number of nitrogens with one attached hydrogen (secondary N) is 2. The van der Waals surface area contributed by atoms with Gasteiger partial charge in [-0.3, -0.25) is 9.59 Å². The number of hydrogen-bond donors (Lipinski definition) is 2. The van der Waals surface area contributed by atoms with Crippen LogP contribution in [0, 0.1) is 5.92 Å². The van der Waals surface area contributed by atoms with E-state index in [0.717, 1.165) is 38.4 Å². The van der Waals surface area contributed by atoms with E-state index in [1.165, 1.54) is 0 Å². The standard InChI is InChI=1S/C17H25N5O2/c23-16(5-8-20-17(24)14-4-7-18-13-14)22-11-9-21(10-12-22)15-3-1-2-6-19-15/h1-3,6,14,18H,4-5,7-13H2,(H,20,24). The van der Waals surface area contributed by atoms with Crippen LogP contribution in [0.3, 0.4) is 0 Å². The summed E-state index contributed by atoms with van der Waals surface area (Å²) < 4.78 is 0. The van der Waals surface area contributed by atoms with Crippen molar-refractivity contribution in [3.63, 3.8) is 0 Å². The van der Waals surface area contributed by atoms with E-state index in [9.17, 15) is 9.59 Å². The van der Waals surface area contributed by atoms with Gasteiger partial charge in [0.15, 0.2) is 0 Å². The Bertz CT molecular complexity index is 551. The van der Waals surface area contributed by atoms with Crippen molar-refractivity contribution in [1.82, 2.24) is 20.5 Å². The minimum atomic E-state index is 0.0574. The highest BCUT2D eigenvalue weighted by molar-refractivity contribution is 5.81. The average Bonchev–Trinajstić information content (AvgIpc) is 3.17. The summed E-state index contributed by atoms with van der Waals surface area (Å²) in [6.07, 6.45) is 3.04. The molecule has 1 aromatic heterocycles. The molecule has 130 valence electrons. The molecule has 2 aliphatic heterocycles. The smallest absolute Gasteiger partial charge is 0.224 e. The Kier molecular flexibility index (Phi) is 5.63. The van der Waals surface area contributed by atoms with Gasteiger partial charge < -0.3 is 20.4 Å². The lowest BCUT2D eigenvalue weighted by atomic mass is 10.1. The van der Waals surface area contributed by atoms with Crippen molar-refractivity contribution < 1.29 is 9.59 Å². The molecule has 0 radical (unpaired) electrons. The molecule has 1 aromatic rings. The number of amides is 2. The van der Waals surface area contributed by atoms with Crippen LogP contribution in [0.4, 0.5) is 5.82 Å². The predicted octanol–water partition coefficient (Wildman–Crippen LogP) is -0.154. The highest BCUT2D eigenvalue weighted by Crippen LogP contribution is 2.13. The Morgan fingerprint density at radius 1 is 1.25 bits per heavy atom. The lowest BCUT2D eigenvalue weighted by Gasteiger charge is -2.35. The molecular formula is C17H25N5O2. The van der Waals surface area contributed by atoms with E-state index in [-0.39, 0.29) is 17.7 Å². The number of anilines is 1. The topological polar surface area (TPSA) is 77.6 Å². The molecule has 2 amide bonds. The summed E-state index contributed by atoms with van der Waals surface area (Å²) in [5, 5.41) is 6.06. The maximum atomic E-state index is 12.3. The van der Waals surface area contributed by atoms with Gasteiger partial charge in [0.2, 0.25) is 11.8 Å². The third kappa shape index (κ3) is 4.23. The molecule has 24 heavy (non-hydrogen) atoms. The monoisotopic (exact) mass is 331 g/mol. The molecule has 0 saturated carbocycles. The normalized spacial score (nSPS) is 20.9. The van der Waals surface area contributed by atoms with Gasteiger partial charge in [-0.25, -0.2) is 4.98 Å². The Morgan fingerprint density at radius 2 is 2.08 bits per heavy atom. The molecule has 3 heterocycles. The molecule has 2 fully saturated rings. The third-order valence-corrected chi connectivity index (χ3v) is 4.67. The van der Waals surface area contributed by atoms with E-state index in [1.54, 1.807) is 6.20 Å². The minimum absolute atomic E-state index is 0.0574. The zero-order valence-electron chi connectivity index (χ0n) is 13.9. The van der Waals surface area contributed by atoms with Gasteiger partial charge in [-0.15, -0.1) is 0 Å². The number of aromatic nitrogens is 1. The lowest BCUT2D eigenvalue weighted by Crippen LogP contribution is -2.49. The van der Waals surface area contributed by atoms with Crippen molar-refractivity contribution in [2.24, 2.45) is 5.92 Å². The third-order valence-electron chi connectivity index (χ3n) is 4.67. The summed E-state index contributed by atoms with van der Waals surface area (Å²) >= 11 is 0. The molecule has 2 N–H and O–H groups in total. The van der Waals surface area contributed by atoms with Gasteiger partial charge in [-0.1, -0.05) is 6.07 Å². The zero-order valence-corrected chi connectivity index (χ0v) is 13.9.